The molecule has 2 nitrogen and oxygen atoms in total. The first-order chi connectivity index (χ1) is 9.49. The van der Waals surface area contributed by atoms with Gasteiger partial charge in [-0.1, -0.05) is 44.2 Å². The van der Waals surface area contributed by atoms with E-state index in [4.69, 9.17) is 4.74 Å². The summed E-state index contributed by atoms with van der Waals surface area (Å²) in [4.78, 5) is 12.2. The minimum absolute atomic E-state index is 0.308. The number of aryl methyl sites for hydroxylation is 2. The van der Waals surface area contributed by atoms with E-state index in [1.165, 1.54) is 5.56 Å². The largest absolute Gasteiger partial charge is 0.422 e. The monoisotopic (exact) mass is 268 g/mol. The first-order valence-electron chi connectivity index (χ1n) is 6.87. The molecule has 2 heteroatoms. The molecule has 20 heavy (non-hydrogen) atoms. The lowest BCUT2D eigenvalue weighted by molar-refractivity contribution is 0.0732. The van der Waals surface area contributed by atoms with E-state index in [1.54, 1.807) is 0 Å². The van der Waals surface area contributed by atoms with Crippen LogP contribution in [-0.2, 0) is 0 Å². The van der Waals surface area contributed by atoms with Gasteiger partial charge in [0.2, 0.25) is 0 Å². The van der Waals surface area contributed by atoms with Crippen LogP contribution in [0.5, 0.6) is 5.75 Å². The molecule has 0 aliphatic rings. The van der Waals surface area contributed by atoms with Crippen LogP contribution in [0, 0.1) is 13.8 Å². The Morgan fingerprint density at radius 1 is 0.950 bits per heavy atom. The number of esters is 1. The third-order valence-electron chi connectivity index (χ3n) is 3.42. The average molecular weight is 268 g/mol. The zero-order valence-corrected chi connectivity index (χ0v) is 12.4. The van der Waals surface area contributed by atoms with E-state index in [0.29, 0.717) is 17.2 Å². The van der Waals surface area contributed by atoms with Crippen molar-refractivity contribution in [2.75, 3.05) is 0 Å². The number of hydrogen-bond acceptors (Lipinski definition) is 2. The molecule has 2 aromatic rings. The lowest BCUT2D eigenvalue weighted by Crippen LogP contribution is -2.10. The van der Waals surface area contributed by atoms with Crippen LogP contribution in [0.4, 0.5) is 0 Å². The summed E-state index contributed by atoms with van der Waals surface area (Å²) in [6, 6.07) is 13.4. The van der Waals surface area contributed by atoms with Gasteiger partial charge in [-0.05, 0) is 48.6 Å². The van der Waals surface area contributed by atoms with Gasteiger partial charge in [-0.15, -0.1) is 0 Å². The van der Waals surface area contributed by atoms with Gasteiger partial charge < -0.3 is 4.74 Å². The predicted molar refractivity (Wildman–Crippen MR) is 81.4 cm³/mol. The van der Waals surface area contributed by atoms with Crippen LogP contribution in [0.25, 0.3) is 0 Å². The third kappa shape index (κ3) is 3.08. The third-order valence-corrected chi connectivity index (χ3v) is 3.42. The zero-order valence-electron chi connectivity index (χ0n) is 12.4. The molecule has 0 saturated carbocycles. The van der Waals surface area contributed by atoms with Crippen LogP contribution in [0.3, 0.4) is 0 Å². The number of carbonyl (C=O) groups excluding carboxylic acids is 1. The number of benzene rings is 2. The Balaban J connectivity index is 2.20. The van der Waals surface area contributed by atoms with Crippen molar-refractivity contribution in [2.24, 2.45) is 0 Å². The Morgan fingerprint density at radius 3 is 2.00 bits per heavy atom. The first kappa shape index (κ1) is 14.3. The Hall–Kier alpha value is -2.09. The molecule has 0 aromatic heterocycles. The SMILES string of the molecule is Cc1cccc(C)c1OC(=O)c1ccc(C(C)C)cc1. The average Bonchev–Trinajstić information content (AvgIpc) is 2.43. The summed E-state index contributed by atoms with van der Waals surface area (Å²) in [7, 11) is 0. The van der Waals surface area contributed by atoms with Crippen LogP contribution < -0.4 is 4.74 Å². The highest BCUT2D eigenvalue weighted by Gasteiger charge is 2.12. The number of rotatable bonds is 3. The standard InChI is InChI=1S/C18H20O2/c1-12(2)15-8-10-16(11-9-15)18(19)20-17-13(3)6-5-7-14(17)4/h5-12H,1-4H3. The Morgan fingerprint density at radius 2 is 1.50 bits per heavy atom. The summed E-state index contributed by atoms with van der Waals surface area (Å²) in [5.41, 5.74) is 3.74. The molecule has 2 aromatic carbocycles. The van der Waals surface area contributed by atoms with E-state index in [2.05, 4.69) is 13.8 Å². The summed E-state index contributed by atoms with van der Waals surface area (Å²) in [5, 5.41) is 0. The molecule has 104 valence electrons. The minimum atomic E-state index is -0.308. The molecule has 0 radical (unpaired) electrons. The van der Waals surface area contributed by atoms with Gasteiger partial charge in [0.25, 0.3) is 0 Å². The molecule has 2 rings (SSSR count). The number of para-hydroxylation sites is 1. The number of carbonyl (C=O) groups is 1. The highest BCUT2D eigenvalue weighted by Crippen LogP contribution is 2.24. The Kier molecular flexibility index (Phi) is 4.23. The maximum absolute atomic E-state index is 12.2. The van der Waals surface area contributed by atoms with Crippen molar-refractivity contribution in [3.63, 3.8) is 0 Å². The summed E-state index contributed by atoms with van der Waals surface area (Å²) in [6.45, 7) is 8.14. The number of ether oxygens (including phenoxy) is 1. The van der Waals surface area contributed by atoms with Gasteiger partial charge in [-0.25, -0.2) is 4.79 Å². The van der Waals surface area contributed by atoms with Crippen LogP contribution in [-0.4, -0.2) is 5.97 Å². The van der Waals surface area contributed by atoms with Gasteiger partial charge in [-0.2, -0.15) is 0 Å². The second kappa shape index (κ2) is 5.91. The quantitative estimate of drug-likeness (QED) is 0.598. The molecule has 0 aliphatic carbocycles. The van der Waals surface area contributed by atoms with Gasteiger partial charge in [-0.3, -0.25) is 0 Å². The van der Waals surface area contributed by atoms with Crippen LogP contribution >= 0.6 is 0 Å². The van der Waals surface area contributed by atoms with E-state index in [1.807, 2.05) is 56.3 Å². The van der Waals surface area contributed by atoms with Crippen molar-refractivity contribution >= 4 is 5.97 Å². The minimum Gasteiger partial charge on any atom is -0.422 e. The molecule has 0 fully saturated rings. The molecule has 0 amide bonds. The van der Waals surface area contributed by atoms with Crippen LogP contribution in [0.1, 0.15) is 46.8 Å². The highest BCUT2D eigenvalue weighted by atomic mass is 16.5. The molecule has 0 heterocycles. The molecule has 0 aliphatic heterocycles. The van der Waals surface area contributed by atoms with Crippen molar-refractivity contribution in [3.8, 4) is 5.75 Å². The van der Waals surface area contributed by atoms with E-state index >= 15 is 0 Å². The van der Waals surface area contributed by atoms with Crippen LogP contribution in [0.2, 0.25) is 0 Å². The molecule has 0 spiro atoms. The lowest BCUT2D eigenvalue weighted by Gasteiger charge is -2.11. The lowest BCUT2D eigenvalue weighted by atomic mass is 10.0. The Labute approximate surface area is 120 Å². The smallest absolute Gasteiger partial charge is 0.343 e. The van der Waals surface area contributed by atoms with Crippen molar-refractivity contribution in [1.29, 1.82) is 0 Å². The summed E-state index contributed by atoms with van der Waals surface area (Å²) < 4.78 is 5.52. The van der Waals surface area contributed by atoms with Gasteiger partial charge in [0.05, 0.1) is 5.56 Å². The predicted octanol–water partition coefficient (Wildman–Crippen LogP) is 4.65. The maximum Gasteiger partial charge on any atom is 0.343 e. The van der Waals surface area contributed by atoms with Crippen molar-refractivity contribution < 1.29 is 9.53 Å². The fourth-order valence-corrected chi connectivity index (χ4v) is 2.12. The van der Waals surface area contributed by atoms with Gasteiger partial charge in [0, 0.05) is 0 Å². The van der Waals surface area contributed by atoms with Crippen molar-refractivity contribution in [2.45, 2.75) is 33.6 Å². The first-order valence-corrected chi connectivity index (χ1v) is 6.87. The molecular weight excluding hydrogens is 248 g/mol. The van der Waals surface area contributed by atoms with Gasteiger partial charge in [0.15, 0.2) is 0 Å². The molecule has 0 saturated heterocycles. The molecule has 0 unspecified atom stereocenters. The molecule has 0 bridgehead atoms. The zero-order chi connectivity index (χ0) is 14.7. The maximum atomic E-state index is 12.2. The van der Waals surface area contributed by atoms with Gasteiger partial charge in [0.1, 0.15) is 5.75 Å². The highest BCUT2D eigenvalue weighted by molar-refractivity contribution is 5.91. The molecular formula is C18H20O2. The van der Waals surface area contributed by atoms with Crippen LogP contribution in [0.15, 0.2) is 42.5 Å². The molecule has 0 N–H and O–H groups in total. The second-order valence-corrected chi connectivity index (χ2v) is 5.39. The van der Waals surface area contributed by atoms with E-state index in [9.17, 15) is 4.79 Å². The second-order valence-electron chi connectivity index (χ2n) is 5.39. The van der Waals surface area contributed by atoms with Crippen molar-refractivity contribution in [3.05, 3.63) is 64.7 Å². The topological polar surface area (TPSA) is 26.3 Å². The summed E-state index contributed by atoms with van der Waals surface area (Å²) >= 11 is 0. The van der Waals surface area contributed by atoms with E-state index in [-0.39, 0.29) is 5.97 Å². The fourth-order valence-electron chi connectivity index (χ4n) is 2.12. The molecule has 0 atom stereocenters. The van der Waals surface area contributed by atoms with Gasteiger partial charge >= 0.3 is 5.97 Å². The van der Waals surface area contributed by atoms with Crippen molar-refractivity contribution in [1.82, 2.24) is 0 Å². The fraction of sp³-hybridized carbons (Fsp3) is 0.278. The summed E-state index contributed by atoms with van der Waals surface area (Å²) in [5.74, 6) is 0.807. The Bertz CT molecular complexity index is 590. The van der Waals surface area contributed by atoms with E-state index < -0.39 is 0 Å². The normalized spacial score (nSPS) is 10.7. The van der Waals surface area contributed by atoms with E-state index in [0.717, 1.165) is 11.1 Å². The summed E-state index contributed by atoms with van der Waals surface area (Å²) in [6.07, 6.45) is 0. The number of hydrogen-bond donors (Lipinski definition) is 0.